The molecule has 0 aliphatic heterocycles. The monoisotopic (exact) mass is 730 g/mol. The molecule has 0 aliphatic carbocycles. The van der Waals surface area contributed by atoms with E-state index in [1.807, 2.05) is 0 Å². The molecule has 1 aromatic rings. The smallest absolute Gasteiger partial charge is 0.200 e. The summed E-state index contributed by atoms with van der Waals surface area (Å²) in [6.45, 7) is 0. The molecule has 0 unspecified atom stereocenters. The van der Waals surface area contributed by atoms with E-state index in [1.54, 1.807) is 0 Å². The summed E-state index contributed by atoms with van der Waals surface area (Å²) in [5, 5.41) is 0. The van der Waals surface area contributed by atoms with Gasteiger partial charge in [-0.2, -0.15) is 92.2 Å². The fourth-order valence-corrected chi connectivity index (χ4v) is 3.34. The Morgan fingerprint density at radius 3 is 1.05 bits per heavy atom. The third-order valence-corrected chi connectivity index (χ3v) is 6.22. The number of unbranched alkanes of at least 4 members (excludes halogenated alkanes) is 1. The first kappa shape index (κ1) is 38.3. The summed E-state index contributed by atoms with van der Waals surface area (Å²) in [4.78, 5) is 0. The molecule has 0 aromatic heterocycles. The highest BCUT2D eigenvalue weighted by molar-refractivity contribution is 9.10. The molecule has 0 spiro atoms. The minimum atomic E-state index is -9.15. The van der Waals surface area contributed by atoms with Crippen molar-refractivity contribution < 1.29 is 92.2 Å². The Bertz CT molecular complexity index is 1070. The maximum atomic E-state index is 13.9. The van der Waals surface area contributed by atoms with Crippen LogP contribution in [0.15, 0.2) is 28.7 Å². The third kappa shape index (κ3) is 5.61. The third-order valence-electron chi connectivity index (χ3n) is 5.70. The van der Waals surface area contributed by atoms with Crippen LogP contribution in [0.1, 0.15) is 24.8 Å². The van der Waals surface area contributed by atoms with Crippen LogP contribution < -0.4 is 0 Å². The number of alkyl halides is 21. The zero-order chi connectivity index (χ0) is 33.8. The van der Waals surface area contributed by atoms with Crippen molar-refractivity contribution in [3.63, 3.8) is 0 Å². The van der Waals surface area contributed by atoms with Gasteiger partial charge in [0.2, 0.25) is 0 Å². The van der Waals surface area contributed by atoms with E-state index in [4.69, 9.17) is 0 Å². The van der Waals surface area contributed by atoms with E-state index in [0.29, 0.717) is 10.0 Å². The minimum Gasteiger partial charge on any atom is -0.200 e. The molecule has 246 valence electrons. The van der Waals surface area contributed by atoms with Crippen LogP contribution in [0.2, 0.25) is 0 Å². The molecule has 0 fully saturated rings. The molecule has 1 rings (SSSR count). The zero-order valence-electron chi connectivity index (χ0n) is 19.5. The van der Waals surface area contributed by atoms with Crippen LogP contribution in [-0.4, -0.2) is 59.5 Å². The molecule has 1 aromatic carbocycles. The molecule has 0 heterocycles. The number of rotatable bonds is 13. The van der Waals surface area contributed by atoms with E-state index >= 15 is 0 Å². The Labute approximate surface area is 228 Å². The van der Waals surface area contributed by atoms with E-state index in [9.17, 15) is 92.2 Å². The van der Waals surface area contributed by atoms with E-state index in [2.05, 4.69) is 15.9 Å². The maximum absolute atomic E-state index is 13.9. The first-order valence-corrected chi connectivity index (χ1v) is 11.2. The maximum Gasteiger partial charge on any atom is 0.460 e. The second kappa shape index (κ2) is 11.0. The summed E-state index contributed by atoms with van der Waals surface area (Å²) < 4.78 is 281. The molecule has 0 saturated carbocycles. The zero-order valence-corrected chi connectivity index (χ0v) is 21.0. The van der Waals surface area contributed by atoms with Crippen LogP contribution in [0, 0.1) is 0 Å². The van der Waals surface area contributed by atoms with Gasteiger partial charge in [-0.05, 0) is 37.0 Å². The summed E-state index contributed by atoms with van der Waals surface area (Å²) in [5.74, 6) is -76.5. The van der Waals surface area contributed by atoms with Gasteiger partial charge in [0.05, 0.1) is 0 Å². The predicted molar refractivity (Wildman–Crippen MR) is 102 cm³/mol. The van der Waals surface area contributed by atoms with Crippen molar-refractivity contribution in [2.24, 2.45) is 0 Å². The van der Waals surface area contributed by atoms with Gasteiger partial charge in [-0.3, -0.25) is 0 Å². The summed E-state index contributed by atoms with van der Waals surface area (Å²) in [7, 11) is 0. The largest absolute Gasteiger partial charge is 0.460 e. The molecule has 0 atom stereocenters. The lowest BCUT2D eigenvalue weighted by Crippen LogP contribution is -2.76. The van der Waals surface area contributed by atoms with Gasteiger partial charge in [-0.25, -0.2) is 0 Å². The van der Waals surface area contributed by atoms with Crippen molar-refractivity contribution >= 4 is 15.9 Å². The molecule has 0 nitrogen and oxygen atoms in total. The van der Waals surface area contributed by atoms with Gasteiger partial charge in [-0.15, -0.1) is 0 Å². The van der Waals surface area contributed by atoms with E-state index in [0.717, 1.165) is 0 Å². The fraction of sp³-hybridized carbons (Fsp3) is 0.700. The van der Waals surface area contributed by atoms with Crippen molar-refractivity contribution in [1.29, 1.82) is 0 Å². The highest BCUT2D eigenvalue weighted by Crippen LogP contribution is 2.66. The highest BCUT2D eigenvalue weighted by atomic mass is 79.9. The number of benzene rings is 1. The molecular weight excluding hydrogens is 719 g/mol. The molecule has 42 heavy (non-hydrogen) atoms. The average molecular weight is 731 g/mol. The topological polar surface area (TPSA) is 0 Å². The lowest BCUT2D eigenvalue weighted by Gasteiger charge is -2.44. The molecule has 0 saturated heterocycles. The Kier molecular flexibility index (Phi) is 10.0. The highest BCUT2D eigenvalue weighted by Gasteiger charge is 2.97. The van der Waals surface area contributed by atoms with Crippen molar-refractivity contribution in [3.05, 3.63) is 34.3 Å². The summed E-state index contributed by atoms with van der Waals surface area (Å²) in [6.07, 6.45) is -12.7. The van der Waals surface area contributed by atoms with Crippen LogP contribution in [0.25, 0.3) is 0 Å². The van der Waals surface area contributed by atoms with Gasteiger partial charge in [-0.1, -0.05) is 28.1 Å². The second-order valence-electron chi connectivity index (χ2n) is 8.63. The summed E-state index contributed by atoms with van der Waals surface area (Å²) in [6, 6.07) is 5.44. The number of halogens is 22. The first-order valence-electron chi connectivity index (χ1n) is 10.4. The lowest BCUT2D eigenvalue weighted by molar-refractivity contribution is -0.474. The van der Waals surface area contributed by atoms with Crippen LogP contribution in [-0.2, 0) is 6.42 Å². The average Bonchev–Trinajstić information content (AvgIpc) is 2.81. The van der Waals surface area contributed by atoms with E-state index < -0.39 is 78.7 Å². The van der Waals surface area contributed by atoms with Crippen molar-refractivity contribution in [2.45, 2.75) is 85.2 Å². The lowest BCUT2D eigenvalue weighted by atomic mass is 9.85. The predicted octanol–water partition coefficient (Wildman–Crippen LogP) is 10.4. The van der Waals surface area contributed by atoms with E-state index in [-0.39, 0.29) is 6.42 Å². The fourth-order valence-electron chi connectivity index (χ4n) is 3.07. The van der Waals surface area contributed by atoms with Gasteiger partial charge in [0.15, 0.2) is 0 Å². The Morgan fingerprint density at radius 1 is 0.405 bits per heavy atom. The molecule has 0 aliphatic rings. The van der Waals surface area contributed by atoms with Crippen LogP contribution in [0.5, 0.6) is 0 Å². The molecule has 0 amide bonds. The van der Waals surface area contributed by atoms with Crippen molar-refractivity contribution in [3.8, 4) is 0 Å². The van der Waals surface area contributed by atoms with Crippen LogP contribution >= 0.6 is 15.9 Å². The molecule has 0 radical (unpaired) electrons. The van der Waals surface area contributed by atoms with Gasteiger partial charge in [0, 0.05) is 10.9 Å². The molecule has 22 heteroatoms. The molecular formula is C20H12BrF21. The van der Waals surface area contributed by atoms with E-state index in [1.165, 1.54) is 24.3 Å². The van der Waals surface area contributed by atoms with Crippen molar-refractivity contribution in [1.82, 2.24) is 0 Å². The summed E-state index contributed by atoms with van der Waals surface area (Å²) in [5.41, 5.74) is 0.306. The van der Waals surface area contributed by atoms with Gasteiger partial charge in [0.1, 0.15) is 0 Å². The Balaban J connectivity index is 3.43. The van der Waals surface area contributed by atoms with Gasteiger partial charge < -0.3 is 0 Å². The molecule has 0 N–H and O–H groups in total. The minimum absolute atomic E-state index is 0.266. The molecule has 0 bridgehead atoms. The normalized spacial score (nSPS) is 15.8. The number of aryl methyl sites for hydroxylation is 1. The van der Waals surface area contributed by atoms with Crippen LogP contribution in [0.4, 0.5) is 92.2 Å². The standard InChI is InChI=1S/C20H12BrF21/c21-10-6-4-9(5-7-10)3-1-2-8-11(22,23)12(24,25)13(26,27)14(28,29)15(30,31)16(32,33)17(34,35)18(36,37)19(38,39)20(40,41)42/h4-7H,1-3,8H2. The summed E-state index contributed by atoms with van der Waals surface area (Å²) >= 11 is 3.00. The number of hydrogen-bond donors (Lipinski definition) is 0. The quantitative estimate of drug-likeness (QED) is 0.140. The SMILES string of the molecule is FC(F)(F)C(F)(F)C(F)(F)C(F)(F)C(F)(F)C(F)(F)C(F)(F)C(F)(F)C(F)(F)C(F)(F)CCCCc1ccc(Br)cc1. The Morgan fingerprint density at radius 2 is 0.714 bits per heavy atom. The van der Waals surface area contributed by atoms with Crippen LogP contribution in [0.3, 0.4) is 0 Å². The van der Waals surface area contributed by atoms with Crippen molar-refractivity contribution in [2.75, 3.05) is 0 Å². The van der Waals surface area contributed by atoms with Gasteiger partial charge in [0.25, 0.3) is 0 Å². The van der Waals surface area contributed by atoms with Gasteiger partial charge >= 0.3 is 59.5 Å². The Hall–Kier alpha value is -1.77. The second-order valence-corrected chi connectivity index (χ2v) is 9.55. The number of hydrogen-bond acceptors (Lipinski definition) is 0. The first-order chi connectivity index (χ1) is 18.2.